The van der Waals surface area contributed by atoms with Gasteiger partial charge in [-0.25, -0.2) is 4.79 Å². The number of nitrogens with one attached hydrogen (secondary N) is 3. The lowest BCUT2D eigenvalue weighted by molar-refractivity contribution is -0.137. The van der Waals surface area contributed by atoms with Gasteiger partial charge in [0.15, 0.2) is 0 Å². The van der Waals surface area contributed by atoms with Gasteiger partial charge in [-0.15, -0.1) is 0 Å². The lowest BCUT2D eigenvalue weighted by Gasteiger charge is -2.16. The van der Waals surface area contributed by atoms with E-state index in [1.807, 2.05) is 0 Å². The van der Waals surface area contributed by atoms with Crippen LogP contribution in [-0.4, -0.2) is 56.9 Å². The summed E-state index contributed by atoms with van der Waals surface area (Å²) in [5, 5.41) is 17.0. The maximum Gasteiger partial charge on any atom is 0.315 e. The van der Waals surface area contributed by atoms with E-state index in [0.29, 0.717) is 25.1 Å². The van der Waals surface area contributed by atoms with Gasteiger partial charge in [0, 0.05) is 35.9 Å². The van der Waals surface area contributed by atoms with Crippen LogP contribution < -0.4 is 16.0 Å². The minimum atomic E-state index is -0.930. The molecule has 0 bridgehead atoms. The number of carbonyl (C=O) groups excluding carboxylic acids is 2. The number of rotatable bonds is 11. The van der Waals surface area contributed by atoms with Crippen molar-refractivity contribution < 1.29 is 23.7 Å². The first kappa shape index (κ1) is 19.7. The molecule has 25 heavy (non-hydrogen) atoms. The molecule has 4 N–H and O–H groups in total. The number of urea groups is 1. The topological polar surface area (TPSA) is 125 Å². The average molecular weight is 373 g/mol. The predicted octanol–water partition coefficient (Wildman–Crippen LogP) is 0.489. The molecule has 0 unspecified atom stereocenters. The predicted molar refractivity (Wildman–Crippen MR) is 93.6 cm³/mol. The normalized spacial score (nSPS) is 27.4. The Hall–Kier alpha value is -1.64. The average Bonchev–Trinajstić information content (AvgIpc) is 3.02. The first-order valence-corrected chi connectivity index (χ1v) is 10.3. The maximum absolute atomic E-state index is 12.1. The van der Waals surface area contributed by atoms with Gasteiger partial charge in [-0.05, 0) is 25.7 Å². The van der Waals surface area contributed by atoms with Crippen molar-refractivity contribution in [1.82, 2.24) is 16.0 Å². The molecule has 0 saturated carbocycles. The number of hydrogen-bond acceptors (Lipinski definition) is 4. The molecule has 2 aliphatic heterocycles. The van der Waals surface area contributed by atoms with E-state index in [4.69, 9.17) is 5.11 Å². The fourth-order valence-corrected chi connectivity index (χ4v) is 5.26. The van der Waals surface area contributed by atoms with Crippen molar-refractivity contribution in [2.75, 3.05) is 12.3 Å². The van der Waals surface area contributed by atoms with Gasteiger partial charge in [-0.1, -0.05) is 12.8 Å². The summed E-state index contributed by atoms with van der Waals surface area (Å²) < 4.78 is 12.1. The van der Waals surface area contributed by atoms with Crippen molar-refractivity contribution in [1.29, 1.82) is 0 Å². The summed E-state index contributed by atoms with van der Waals surface area (Å²) in [4.78, 5) is 33.4. The highest BCUT2D eigenvalue weighted by atomic mass is 32.2. The Bertz CT molecular complexity index is 528. The van der Waals surface area contributed by atoms with Crippen molar-refractivity contribution in [2.45, 2.75) is 68.7 Å². The first-order valence-electron chi connectivity index (χ1n) is 8.90. The second kappa shape index (κ2) is 9.74. The summed E-state index contributed by atoms with van der Waals surface area (Å²) >= 11 is 0. The second-order valence-corrected chi connectivity index (χ2v) is 8.34. The molecule has 142 valence electrons. The maximum atomic E-state index is 12.1. The Morgan fingerprint density at radius 1 is 1.12 bits per heavy atom. The summed E-state index contributed by atoms with van der Waals surface area (Å²) in [6.45, 7) is 0.576. The van der Waals surface area contributed by atoms with Gasteiger partial charge < -0.3 is 21.1 Å². The van der Waals surface area contributed by atoms with E-state index < -0.39 is 16.8 Å². The van der Waals surface area contributed by atoms with Crippen LogP contribution in [0.2, 0.25) is 0 Å². The number of fused-ring (bicyclic) bond motifs is 1. The molecular formula is C16H27N3O5S. The highest BCUT2D eigenvalue weighted by Crippen LogP contribution is 2.25. The fraction of sp³-hybridized carbons (Fsp3) is 0.812. The van der Waals surface area contributed by atoms with Crippen LogP contribution in [0.4, 0.5) is 4.79 Å². The lowest BCUT2D eigenvalue weighted by Crippen LogP contribution is -2.38. The third kappa shape index (κ3) is 6.30. The molecule has 2 fully saturated rings. The summed E-state index contributed by atoms with van der Waals surface area (Å²) in [6.07, 6.45) is 5.12. The fourth-order valence-electron chi connectivity index (χ4n) is 3.35. The molecule has 2 rings (SSSR count). The molecular weight excluding hydrogens is 346 g/mol. The van der Waals surface area contributed by atoms with Crippen molar-refractivity contribution >= 4 is 28.7 Å². The van der Waals surface area contributed by atoms with Crippen LogP contribution in [0.25, 0.3) is 0 Å². The van der Waals surface area contributed by atoms with Crippen LogP contribution in [0.5, 0.6) is 0 Å². The lowest BCUT2D eigenvalue weighted by atomic mass is 10.0. The first-order chi connectivity index (χ1) is 12.0. The third-order valence-corrected chi connectivity index (χ3v) is 6.55. The molecule has 2 saturated heterocycles. The van der Waals surface area contributed by atoms with Gasteiger partial charge in [0.25, 0.3) is 0 Å². The molecule has 0 aromatic carbocycles. The van der Waals surface area contributed by atoms with Crippen LogP contribution in [-0.2, 0) is 20.4 Å². The van der Waals surface area contributed by atoms with Gasteiger partial charge in [-0.2, -0.15) is 0 Å². The van der Waals surface area contributed by atoms with Gasteiger partial charge >= 0.3 is 12.0 Å². The van der Waals surface area contributed by atoms with Gasteiger partial charge in [0.1, 0.15) is 0 Å². The standard InChI is InChI=1S/C16H27N3O5S/c20-13(17-9-5-1-2-8-14(21)22)7-4-3-6-12-15-11(10-25(12)24)18-16(23)19-15/h11-12,15H,1-10H2,(H,17,20)(H,21,22)(H2,18,19,23)/t11-,12-,15-,25-/m0/s1. The molecule has 2 heterocycles. The third-order valence-electron chi connectivity index (χ3n) is 4.66. The highest BCUT2D eigenvalue weighted by molar-refractivity contribution is 7.86. The Balaban J connectivity index is 1.51. The molecule has 0 aromatic heterocycles. The number of carboxylic acids is 1. The van der Waals surface area contributed by atoms with Gasteiger partial charge in [0.05, 0.1) is 17.3 Å². The van der Waals surface area contributed by atoms with Crippen LogP contribution in [0.1, 0.15) is 51.4 Å². The van der Waals surface area contributed by atoms with Crippen molar-refractivity contribution in [2.24, 2.45) is 0 Å². The van der Waals surface area contributed by atoms with Crippen molar-refractivity contribution in [3.63, 3.8) is 0 Å². The van der Waals surface area contributed by atoms with Crippen LogP contribution in [0.15, 0.2) is 0 Å². The zero-order valence-electron chi connectivity index (χ0n) is 14.3. The van der Waals surface area contributed by atoms with E-state index in [1.165, 1.54) is 0 Å². The highest BCUT2D eigenvalue weighted by Gasteiger charge is 2.46. The van der Waals surface area contributed by atoms with E-state index in [9.17, 15) is 18.6 Å². The van der Waals surface area contributed by atoms with E-state index in [1.54, 1.807) is 0 Å². The zero-order chi connectivity index (χ0) is 18.2. The molecule has 9 heteroatoms. The smallest absolute Gasteiger partial charge is 0.315 e. The minimum Gasteiger partial charge on any atom is -0.481 e. The summed E-state index contributed by atoms with van der Waals surface area (Å²) in [6, 6.07) is -0.254. The molecule has 2 aliphatic rings. The quantitative estimate of drug-likeness (QED) is 0.310. The van der Waals surface area contributed by atoms with Crippen molar-refractivity contribution in [3.05, 3.63) is 0 Å². The zero-order valence-corrected chi connectivity index (χ0v) is 15.1. The largest absolute Gasteiger partial charge is 0.481 e. The number of carboxylic acid groups (broad SMARTS) is 1. The van der Waals surface area contributed by atoms with E-state index in [2.05, 4.69) is 16.0 Å². The SMILES string of the molecule is O=C(O)CCCCCNC(=O)CCCC[C@H]1[C@H]2NC(=O)N[C@H]2C[S@@]1=O. The van der Waals surface area contributed by atoms with E-state index in [0.717, 1.165) is 32.1 Å². The minimum absolute atomic E-state index is 0.000471. The number of hydrogen-bond donors (Lipinski definition) is 4. The van der Waals surface area contributed by atoms with Crippen LogP contribution in [0.3, 0.4) is 0 Å². The Labute approximate surface area is 150 Å². The summed E-state index contributed by atoms with van der Waals surface area (Å²) in [5.41, 5.74) is 0. The molecule has 8 nitrogen and oxygen atoms in total. The van der Waals surface area contributed by atoms with Crippen molar-refractivity contribution in [3.8, 4) is 0 Å². The Kier molecular flexibility index (Phi) is 7.67. The van der Waals surface area contributed by atoms with Gasteiger partial charge in [-0.3, -0.25) is 13.8 Å². The monoisotopic (exact) mass is 373 g/mol. The molecule has 4 atom stereocenters. The van der Waals surface area contributed by atoms with E-state index in [-0.39, 0.29) is 35.7 Å². The summed E-state index contributed by atoms with van der Waals surface area (Å²) in [5.74, 6) is -0.276. The number of aliphatic carboxylic acids is 1. The molecule has 0 radical (unpaired) electrons. The van der Waals surface area contributed by atoms with E-state index >= 15 is 0 Å². The number of carbonyl (C=O) groups is 3. The molecule has 0 spiro atoms. The Morgan fingerprint density at radius 2 is 1.88 bits per heavy atom. The van der Waals surface area contributed by atoms with Gasteiger partial charge in [0.2, 0.25) is 5.91 Å². The molecule has 3 amide bonds. The van der Waals surface area contributed by atoms with Crippen LogP contribution in [0, 0.1) is 0 Å². The summed E-state index contributed by atoms with van der Waals surface area (Å²) in [7, 11) is -0.930. The second-order valence-electron chi connectivity index (χ2n) is 6.64. The Morgan fingerprint density at radius 3 is 2.64 bits per heavy atom. The molecule has 0 aromatic rings. The molecule has 0 aliphatic carbocycles. The number of unbranched alkanes of at least 4 members (excludes halogenated alkanes) is 3. The number of amides is 3. The van der Waals surface area contributed by atoms with Crippen LogP contribution >= 0.6 is 0 Å².